The van der Waals surface area contributed by atoms with Crippen LogP contribution in [-0.4, -0.2) is 17.3 Å². The maximum atomic E-state index is 10.8. The molecule has 0 aliphatic carbocycles. The van der Waals surface area contributed by atoms with Crippen LogP contribution >= 0.6 is 0 Å². The van der Waals surface area contributed by atoms with Crippen molar-refractivity contribution in [2.75, 3.05) is 6.54 Å². The molecule has 0 atom stereocenters. The van der Waals surface area contributed by atoms with Crippen LogP contribution in [0.1, 0.15) is 24.7 Å². The van der Waals surface area contributed by atoms with E-state index in [0.717, 1.165) is 24.2 Å². The first-order valence-corrected chi connectivity index (χ1v) is 4.86. The third kappa shape index (κ3) is 3.66. The van der Waals surface area contributed by atoms with Crippen LogP contribution in [0.5, 0.6) is 0 Å². The zero-order valence-corrected chi connectivity index (χ0v) is 8.49. The van der Waals surface area contributed by atoms with E-state index in [-0.39, 0.29) is 5.78 Å². The van der Waals surface area contributed by atoms with E-state index in [0.29, 0.717) is 13.0 Å². The van der Waals surface area contributed by atoms with Crippen molar-refractivity contribution < 1.29 is 4.79 Å². The molecule has 1 heterocycles. The van der Waals surface area contributed by atoms with Gasteiger partial charge in [-0.2, -0.15) is 0 Å². The first-order valence-electron chi connectivity index (χ1n) is 4.86. The highest BCUT2D eigenvalue weighted by molar-refractivity contribution is 5.75. The van der Waals surface area contributed by atoms with E-state index in [2.05, 4.69) is 4.98 Å². The average Bonchev–Trinajstić information content (AvgIpc) is 2.16. The molecule has 0 spiro atoms. The lowest BCUT2D eigenvalue weighted by molar-refractivity contribution is -0.116. The van der Waals surface area contributed by atoms with Crippen LogP contribution in [0.25, 0.3) is 0 Å². The SMILES string of the molecule is CC(=O)CCc1cccc(CCN)n1. The molecule has 0 unspecified atom stereocenters. The predicted octanol–water partition coefficient (Wildman–Crippen LogP) is 1.10. The molecule has 0 radical (unpaired) electrons. The van der Waals surface area contributed by atoms with Crippen LogP contribution in [0.15, 0.2) is 18.2 Å². The standard InChI is InChI=1S/C11H16N2O/c1-9(14)5-6-10-3-2-4-11(13-10)7-8-12/h2-4H,5-8,12H2,1H3. The maximum absolute atomic E-state index is 10.8. The molecule has 2 N–H and O–H groups in total. The number of ketones is 1. The second-order valence-electron chi connectivity index (χ2n) is 3.36. The van der Waals surface area contributed by atoms with Gasteiger partial charge in [-0.1, -0.05) is 6.07 Å². The monoisotopic (exact) mass is 192 g/mol. The molecular formula is C11H16N2O. The van der Waals surface area contributed by atoms with E-state index in [9.17, 15) is 4.79 Å². The van der Waals surface area contributed by atoms with E-state index in [4.69, 9.17) is 5.73 Å². The number of nitrogens with two attached hydrogens (primary N) is 1. The zero-order valence-electron chi connectivity index (χ0n) is 8.49. The molecule has 1 aromatic heterocycles. The van der Waals surface area contributed by atoms with Gasteiger partial charge in [-0.25, -0.2) is 0 Å². The van der Waals surface area contributed by atoms with E-state index < -0.39 is 0 Å². The quantitative estimate of drug-likeness (QED) is 0.760. The van der Waals surface area contributed by atoms with Gasteiger partial charge in [-0.05, 0) is 32.0 Å². The second kappa shape index (κ2) is 5.50. The zero-order chi connectivity index (χ0) is 10.4. The van der Waals surface area contributed by atoms with Crippen molar-refractivity contribution in [2.24, 2.45) is 5.73 Å². The molecule has 0 amide bonds. The summed E-state index contributed by atoms with van der Waals surface area (Å²) >= 11 is 0. The molecule has 0 aliphatic heterocycles. The van der Waals surface area contributed by atoms with Gasteiger partial charge in [-0.15, -0.1) is 0 Å². The van der Waals surface area contributed by atoms with Gasteiger partial charge in [0.2, 0.25) is 0 Å². The number of Topliss-reactive ketones (excluding diaryl/α,β-unsaturated/α-hetero) is 1. The molecule has 0 aliphatic rings. The maximum Gasteiger partial charge on any atom is 0.130 e. The lowest BCUT2D eigenvalue weighted by Gasteiger charge is -2.02. The van der Waals surface area contributed by atoms with Gasteiger partial charge < -0.3 is 10.5 Å². The van der Waals surface area contributed by atoms with Gasteiger partial charge in [0.15, 0.2) is 0 Å². The van der Waals surface area contributed by atoms with Gasteiger partial charge in [0, 0.05) is 24.2 Å². The van der Waals surface area contributed by atoms with Gasteiger partial charge >= 0.3 is 0 Å². The van der Waals surface area contributed by atoms with Gasteiger partial charge in [0.25, 0.3) is 0 Å². The fraction of sp³-hybridized carbons (Fsp3) is 0.455. The number of carbonyl (C=O) groups is 1. The Bertz CT molecular complexity index is 310. The van der Waals surface area contributed by atoms with Crippen LogP contribution < -0.4 is 5.73 Å². The number of rotatable bonds is 5. The topological polar surface area (TPSA) is 56.0 Å². The molecule has 0 saturated carbocycles. The van der Waals surface area contributed by atoms with Crippen molar-refractivity contribution >= 4 is 5.78 Å². The number of hydrogen-bond donors (Lipinski definition) is 1. The first-order chi connectivity index (χ1) is 6.72. The molecule has 3 nitrogen and oxygen atoms in total. The number of aryl methyl sites for hydroxylation is 1. The van der Waals surface area contributed by atoms with Gasteiger partial charge in [-0.3, -0.25) is 4.98 Å². The Morgan fingerprint density at radius 2 is 2.00 bits per heavy atom. The Hall–Kier alpha value is -1.22. The smallest absolute Gasteiger partial charge is 0.130 e. The van der Waals surface area contributed by atoms with E-state index >= 15 is 0 Å². The van der Waals surface area contributed by atoms with Gasteiger partial charge in [0.05, 0.1) is 0 Å². The summed E-state index contributed by atoms with van der Waals surface area (Å²) < 4.78 is 0. The highest BCUT2D eigenvalue weighted by Gasteiger charge is 1.99. The summed E-state index contributed by atoms with van der Waals surface area (Å²) in [5.41, 5.74) is 7.42. The Kier molecular flexibility index (Phi) is 4.26. The minimum absolute atomic E-state index is 0.205. The fourth-order valence-corrected chi connectivity index (χ4v) is 1.26. The minimum atomic E-state index is 0.205. The molecular weight excluding hydrogens is 176 g/mol. The van der Waals surface area contributed by atoms with Crippen LogP contribution in [0.3, 0.4) is 0 Å². The van der Waals surface area contributed by atoms with Crippen molar-refractivity contribution in [2.45, 2.75) is 26.2 Å². The van der Waals surface area contributed by atoms with Crippen molar-refractivity contribution in [3.63, 3.8) is 0 Å². The van der Waals surface area contributed by atoms with Crippen LogP contribution in [0, 0.1) is 0 Å². The van der Waals surface area contributed by atoms with Crippen molar-refractivity contribution in [1.29, 1.82) is 0 Å². The molecule has 14 heavy (non-hydrogen) atoms. The summed E-state index contributed by atoms with van der Waals surface area (Å²) in [6, 6.07) is 5.88. The molecule has 1 aromatic rings. The number of nitrogens with zero attached hydrogens (tertiary/aromatic N) is 1. The number of aromatic nitrogens is 1. The minimum Gasteiger partial charge on any atom is -0.330 e. The summed E-state index contributed by atoms with van der Waals surface area (Å²) in [6.45, 7) is 2.22. The van der Waals surface area contributed by atoms with Crippen molar-refractivity contribution in [3.8, 4) is 0 Å². The van der Waals surface area contributed by atoms with Crippen LogP contribution in [0.2, 0.25) is 0 Å². The van der Waals surface area contributed by atoms with Crippen LogP contribution in [-0.2, 0) is 17.6 Å². The molecule has 0 bridgehead atoms. The van der Waals surface area contributed by atoms with Crippen molar-refractivity contribution in [1.82, 2.24) is 4.98 Å². The summed E-state index contributed by atoms with van der Waals surface area (Å²) in [5.74, 6) is 0.205. The first kappa shape index (κ1) is 10.9. The summed E-state index contributed by atoms with van der Waals surface area (Å²) in [5, 5.41) is 0. The lowest BCUT2D eigenvalue weighted by Crippen LogP contribution is -2.06. The second-order valence-corrected chi connectivity index (χ2v) is 3.36. The summed E-state index contributed by atoms with van der Waals surface area (Å²) in [6.07, 6.45) is 2.10. The Labute approximate surface area is 84.3 Å². The normalized spacial score (nSPS) is 10.1. The van der Waals surface area contributed by atoms with E-state index in [1.165, 1.54) is 0 Å². The highest BCUT2D eigenvalue weighted by atomic mass is 16.1. The van der Waals surface area contributed by atoms with E-state index in [1.54, 1.807) is 6.92 Å². The summed E-state index contributed by atoms with van der Waals surface area (Å²) in [4.78, 5) is 15.2. The van der Waals surface area contributed by atoms with Crippen LogP contribution in [0.4, 0.5) is 0 Å². The predicted molar refractivity (Wildman–Crippen MR) is 56.0 cm³/mol. The number of pyridine rings is 1. The van der Waals surface area contributed by atoms with Crippen molar-refractivity contribution in [3.05, 3.63) is 29.6 Å². The summed E-state index contributed by atoms with van der Waals surface area (Å²) in [7, 11) is 0. The Balaban J connectivity index is 2.58. The molecule has 0 fully saturated rings. The third-order valence-electron chi connectivity index (χ3n) is 2.00. The number of hydrogen-bond acceptors (Lipinski definition) is 3. The average molecular weight is 192 g/mol. The highest BCUT2D eigenvalue weighted by Crippen LogP contribution is 2.03. The molecule has 1 rings (SSSR count). The lowest BCUT2D eigenvalue weighted by atomic mass is 10.1. The third-order valence-corrected chi connectivity index (χ3v) is 2.00. The molecule has 3 heteroatoms. The number of carbonyl (C=O) groups excluding carboxylic acids is 1. The fourth-order valence-electron chi connectivity index (χ4n) is 1.26. The van der Waals surface area contributed by atoms with Gasteiger partial charge in [0.1, 0.15) is 5.78 Å². The Morgan fingerprint density at radius 3 is 2.57 bits per heavy atom. The Morgan fingerprint density at radius 1 is 1.36 bits per heavy atom. The molecule has 76 valence electrons. The van der Waals surface area contributed by atoms with E-state index in [1.807, 2.05) is 18.2 Å². The largest absolute Gasteiger partial charge is 0.330 e. The molecule has 0 saturated heterocycles. The molecule has 0 aromatic carbocycles.